The van der Waals surface area contributed by atoms with E-state index >= 15 is 0 Å². The van der Waals surface area contributed by atoms with E-state index in [0.29, 0.717) is 5.82 Å². The summed E-state index contributed by atoms with van der Waals surface area (Å²) in [7, 11) is 0. The highest BCUT2D eigenvalue weighted by Gasteiger charge is 2.15. The Balaban J connectivity index is 2.13. The number of hydrogen-bond acceptors (Lipinski definition) is 5. The van der Waals surface area contributed by atoms with Gasteiger partial charge in [-0.25, -0.2) is 4.98 Å². The molecule has 5 heteroatoms. The minimum Gasteiger partial charge on any atom is -0.383 e. The van der Waals surface area contributed by atoms with Crippen molar-refractivity contribution < 1.29 is 0 Å². The molecule has 0 aliphatic rings. The highest BCUT2D eigenvalue weighted by atomic mass is 32.2. The Morgan fingerprint density at radius 3 is 2.75 bits per heavy atom. The topological polar surface area (TPSA) is 77.0 Å². The van der Waals surface area contributed by atoms with Crippen molar-refractivity contribution in [3.05, 3.63) is 53.2 Å². The largest absolute Gasteiger partial charge is 0.383 e. The van der Waals surface area contributed by atoms with E-state index in [1.165, 1.54) is 10.5 Å². The molecule has 0 saturated heterocycles. The molecule has 1 heterocycles. The average molecular weight is 288 g/mol. The number of nitrogens with one attached hydrogen (secondary N) is 1. The Hall–Kier alpha value is -1.56. The Morgan fingerprint density at radius 2 is 2.05 bits per heavy atom. The summed E-state index contributed by atoms with van der Waals surface area (Å²) < 4.78 is 0. The van der Waals surface area contributed by atoms with E-state index in [1.807, 2.05) is 25.1 Å². The van der Waals surface area contributed by atoms with E-state index in [0.717, 1.165) is 16.9 Å². The van der Waals surface area contributed by atoms with E-state index in [-0.39, 0.29) is 6.04 Å². The molecule has 0 amide bonds. The second-order valence-corrected chi connectivity index (χ2v) is 5.84. The zero-order valence-corrected chi connectivity index (χ0v) is 12.6. The van der Waals surface area contributed by atoms with E-state index in [2.05, 4.69) is 29.5 Å². The fraction of sp³-hybridized carbons (Fsp3) is 0.267. The minimum atomic E-state index is -0.0213. The molecule has 0 radical (unpaired) electrons. The van der Waals surface area contributed by atoms with Crippen molar-refractivity contribution >= 4 is 17.6 Å². The van der Waals surface area contributed by atoms with Crippen LogP contribution in [0.5, 0.6) is 0 Å². The Morgan fingerprint density at radius 1 is 1.30 bits per heavy atom. The van der Waals surface area contributed by atoms with Gasteiger partial charge >= 0.3 is 0 Å². The quantitative estimate of drug-likeness (QED) is 0.448. The summed E-state index contributed by atoms with van der Waals surface area (Å²) in [5, 5.41) is 0. The predicted molar refractivity (Wildman–Crippen MR) is 85.4 cm³/mol. The molecule has 0 aliphatic carbocycles. The van der Waals surface area contributed by atoms with Crippen molar-refractivity contribution in [2.24, 2.45) is 5.84 Å². The number of hydrazine groups is 1. The molecule has 1 aromatic heterocycles. The van der Waals surface area contributed by atoms with Crippen LogP contribution < -0.4 is 17.0 Å². The van der Waals surface area contributed by atoms with E-state index < -0.39 is 0 Å². The maximum atomic E-state index is 5.95. The van der Waals surface area contributed by atoms with Crippen molar-refractivity contribution in [1.29, 1.82) is 0 Å². The van der Waals surface area contributed by atoms with Crippen molar-refractivity contribution in [3.63, 3.8) is 0 Å². The number of hydrogen-bond donors (Lipinski definition) is 3. The van der Waals surface area contributed by atoms with Crippen LogP contribution in [-0.4, -0.2) is 10.7 Å². The summed E-state index contributed by atoms with van der Waals surface area (Å²) in [6.45, 7) is 4.10. The highest BCUT2D eigenvalue weighted by molar-refractivity contribution is 7.99. The molecule has 1 aromatic carbocycles. The second-order valence-electron chi connectivity index (χ2n) is 4.78. The fourth-order valence-corrected chi connectivity index (χ4v) is 3.09. The summed E-state index contributed by atoms with van der Waals surface area (Å²) in [5.74, 6) is 7.01. The molecule has 1 unspecified atom stereocenters. The molecule has 2 aromatic rings. The predicted octanol–water partition coefficient (Wildman–Crippen LogP) is 2.58. The van der Waals surface area contributed by atoms with Gasteiger partial charge in [0.05, 0.1) is 6.04 Å². The number of anilines is 1. The lowest BCUT2D eigenvalue weighted by atomic mass is 10.1. The molecular formula is C15H20N4S. The normalized spacial score (nSPS) is 12.3. The average Bonchev–Trinajstić information content (AvgIpc) is 2.45. The maximum absolute atomic E-state index is 5.95. The lowest BCUT2D eigenvalue weighted by molar-refractivity contribution is 0.610. The van der Waals surface area contributed by atoms with Crippen molar-refractivity contribution in [2.45, 2.75) is 24.8 Å². The fourth-order valence-electron chi connectivity index (χ4n) is 2.00. The Kier molecular flexibility index (Phi) is 5.00. The van der Waals surface area contributed by atoms with Crippen LogP contribution in [0.4, 0.5) is 5.82 Å². The number of aryl methyl sites for hydroxylation is 2. The first kappa shape index (κ1) is 14.8. The molecule has 0 spiro atoms. The number of nitrogen functional groups attached to an aromatic ring is 1. The van der Waals surface area contributed by atoms with Crippen molar-refractivity contribution in [1.82, 2.24) is 10.4 Å². The SMILES string of the molecule is Cc1cnc(N)c(C(CSc2ccccc2C)NN)c1. The first-order valence-corrected chi connectivity index (χ1v) is 7.47. The molecule has 20 heavy (non-hydrogen) atoms. The number of rotatable bonds is 5. The highest BCUT2D eigenvalue weighted by Crippen LogP contribution is 2.28. The van der Waals surface area contributed by atoms with Crippen LogP contribution in [0.15, 0.2) is 41.4 Å². The van der Waals surface area contributed by atoms with Gasteiger partial charge in [-0.05, 0) is 37.1 Å². The number of benzene rings is 1. The molecule has 1 atom stereocenters. The van der Waals surface area contributed by atoms with Crippen LogP contribution in [0.1, 0.15) is 22.7 Å². The minimum absolute atomic E-state index is 0.0213. The van der Waals surface area contributed by atoms with Gasteiger partial charge in [-0.3, -0.25) is 11.3 Å². The van der Waals surface area contributed by atoms with Crippen LogP contribution in [0.3, 0.4) is 0 Å². The lowest BCUT2D eigenvalue weighted by Crippen LogP contribution is -2.30. The third-order valence-corrected chi connectivity index (χ3v) is 4.43. The number of aromatic nitrogens is 1. The molecule has 0 saturated carbocycles. The van der Waals surface area contributed by atoms with Gasteiger partial charge in [0.15, 0.2) is 0 Å². The molecule has 2 rings (SSSR count). The van der Waals surface area contributed by atoms with Gasteiger partial charge in [-0.15, -0.1) is 11.8 Å². The first-order chi connectivity index (χ1) is 9.61. The first-order valence-electron chi connectivity index (χ1n) is 6.48. The second kappa shape index (κ2) is 6.74. The zero-order chi connectivity index (χ0) is 14.5. The summed E-state index contributed by atoms with van der Waals surface area (Å²) in [4.78, 5) is 5.45. The van der Waals surface area contributed by atoms with Gasteiger partial charge in [0.1, 0.15) is 5.82 Å². The van der Waals surface area contributed by atoms with Gasteiger partial charge in [0.2, 0.25) is 0 Å². The third kappa shape index (κ3) is 3.50. The van der Waals surface area contributed by atoms with Crippen LogP contribution >= 0.6 is 11.8 Å². The maximum Gasteiger partial charge on any atom is 0.128 e. The summed E-state index contributed by atoms with van der Waals surface area (Å²) in [6.07, 6.45) is 1.76. The van der Waals surface area contributed by atoms with Crippen molar-refractivity contribution in [3.8, 4) is 0 Å². The monoisotopic (exact) mass is 288 g/mol. The number of nitrogens with zero attached hydrogens (tertiary/aromatic N) is 1. The van der Waals surface area contributed by atoms with Crippen molar-refractivity contribution in [2.75, 3.05) is 11.5 Å². The van der Waals surface area contributed by atoms with E-state index in [4.69, 9.17) is 11.6 Å². The van der Waals surface area contributed by atoms with Gasteiger partial charge in [0, 0.05) is 22.4 Å². The molecule has 0 fully saturated rings. The number of nitrogens with two attached hydrogens (primary N) is 2. The van der Waals surface area contributed by atoms with Crippen LogP contribution in [0.2, 0.25) is 0 Å². The van der Waals surface area contributed by atoms with Gasteiger partial charge in [0.25, 0.3) is 0 Å². The smallest absolute Gasteiger partial charge is 0.128 e. The van der Waals surface area contributed by atoms with Crippen LogP contribution in [0, 0.1) is 13.8 Å². The molecular weight excluding hydrogens is 268 g/mol. The number of pyridine rings is 1. The van der Waals surface area contributed by atoms with Crippen LogP contribution in [0.25, 0.3) is 0 Å². The van der Waals surface area contributed by atoms with E-state index in [1.54, 1.807) is 18.0 Å². The lowest BCUT2D eigenvalue weighted by Gasteiger charge is -2.18. The zero-order valence-electron chi connectivity index (χ0n) is 11.8. The van der Waals surface area contributed by atoms with Gasteiger partial charge in [-0.2, -0.15) is 0 Å². The molecule has 0 bridgehead atoms. The van der Waals surface area contributed by atoms with Crippen LogP contribution in [-0.2, 0) is 0 Å². The summed E-state index contributed by atoms with van der Waals surface area (Å²) >= 11 is 1.76. The van der Waals surface area contributed by atoms with Gasteiger partial charge < -0.3 is 5.73 Å². The van der Waals surface area contributed by atoms with E-state index in [9.17, 15) is 0 Å². The third-order valence-electron chi connectivity index (χ3n) is 3.16. The molecule has 0 aliphatic heterocycles. The molecule has 106 valence electrons. The standard InChI is InChI=1S/C15H20N4S/c1-10-7-12(15(16)18-8-10)13(19-17)9-20-14-6-4-3-5-11(14)2/h3-8,13,19H,9,17H2,1-2H3,(H2,16,18). The summed E-state index contributed by atoms with van der Waals surface area (Å²) in [6, 6.07) is 10.3. The Labute approximate surface area is 123 Å². The Bertz CT molecular complexity index is 586. The molecule has 5 N–H and O–H groups in total. The molecule has 4 nitrogen and oxygen atoms in total. The summed E-state index contributed by atoms with van der Waals surface area (Å²) in [5.41, 5.74) is 12.1. The van der Waals surface area contributed by atoms with Gasteiger partial charge in [-0.1, -0.05) is 18.2 Å². The number of thioether (sulfide) groups is 1.